The molecule has 0 unspecified atom stereocenters. The number of benzene rings is 1. The Morgan fingerprint density at radius 3 is 2.08 bits per heavy atom. The molecule has 0 aliphatic carbocycles. The van der Waals surface area contributed by atoms with Gasteiger partial charge in [0.15, 0.2) is 0 Å². The second kappa shape index (κ2) is 8.65. The maximum absolute atomic E-state index is 14.2. The number of nitrogens with one attached hydrogen (secondary N) is 1. The van der Waals surface area contributed by atoms with E-state index in [-0.39, 0.29) is 30.0 Å². The molecule has 0 aliphatic heterocycles. The first kappa shape index (κ1) is 21.4. The summed E-state index contributed by atoms with van der Waals surface area (Å²) in [7, 11) is -3.84. The van der Waals surface area contributed by atoms with Gasteiger partial charge in [-0.2, -0.15) is 0 Å². The predicted octanol–water partition coefficient (Wildman–Crippen LogP) is 3.17. The molecule has 0 bridgehead atoms. The Balaban J connectivity index is 3.27. The van der Waals surface area contributed by atoms with Crippen LogP contribution in [-0.4, -0.2) is 32.7 Å². The van der Waals surface area contributed by atoms with Gasteiger partial charge in [0.2, 0.25) is 15.9 Å². The van der Waals surface area contributed by atoms with Crippen LogP contribution in [0.3, 0.4) is 0 Å². The van der Waals surface area contributed by atoms with Crippen LogP contribution in [0.5, 0.6) is 0 Å². The lowest BCUT2D eigenvalue weighted by Gasteiger charge is -2.33. The number of hydrogen-bond donors (Lipinski definition) is 1. The Hall–Kier alpha value is -1.63. The highest BCUT2D eigenvalue weighted by atomic mass is 32.2. The maximum Gasteiger partial charge on any atom is 0.244 e. The normalized spacial score (nSPS) is 13.4. The minimum absolute atomic E-state index is 0.0939. The molecule has 0 aliphatic rings. The summed E-state index contributed by atoms with van der Waals surface area (Å²) in [5.41, 5.74) is -0.113. The molecule has 0 aromatic heterocycles. The van der Waals surface area contributed by atoms with E-state index in [2.05, 4.69) is 5.32 Å². The number of nitrogens with zero attached hydrogens (tertiary/aromatic N) is 1. The van der Waals surface area contributed by atoms with Gasteiger partial charge in [-0.3, -0.25) is 9.10 Å². The molecule has 1 aromatic rings. The molecule has 142 valence electrons. The number of para-hydroxylation sites is 1. The average molecular weight is 373 g/mol. The van der Waals surface area contributed by atoms with Crippen LogP contribution in [0.1, 0.15) is 41.0 Å². The smallest absolute Gasteiger partial charge is 0.244 e. The van der Waals surface area contributed by atoms with Crippen molar-refractivity contribution >= 4 is 21.6 Å². The van der Waals surface area contributed by atoms with Crippen LogP contribution in [0.25, 0.3) is 0 Å². The molecule has 1 atom stereocenters. The zero-order valence-corrected chi connectivity index (χ0v) is 16.6. The van der Waals surface area contributed by atoms with Crippen molar-refractivity contribution < 1.29 is 17.6 Å². The molecule has 1 rings (SSSR count). The first-order valence-corrected chi connectivity index (χ1v) is 10.4. The van der Waals surface area contributed by atoms with E-state index < -0.39 is 27.8 Å². The van der Waals surface area contributed by atoms with Crippen molar-refractivity contribution in [2.75, 3.05) is 10.6 Å². The van der Waals surface area contributed by atoms with E-state index in [0.29, 0.717) is 0 Å². The second-order valence-corrected chi connectivity index (χ2v) is 8.82. The van der Waals surface area contributed by atoms with Crippen molar-refractivity contribution in [3.8, 4) is 0 Å². The average Bonchev–Trinajstić information content (AvgIpc) is 2.49. The molecule has 5 nitrogen and oxygen atoms in total. The number of rotatable bonds is 8. The lowest BCUT2D eigenvalue weighted by Crippen LogP contribution is -2.53. The lowest BCUT2D eigenvalue weighted by molar-refractivity contribution is -0.123. The maximum atomic E-state index is 14.2. The van der Waals surface area contributed by atoms with E-state index >= 15 is 0 Å². The van der Waals surface area contributed by atoms with Crippen LogP contribution in [0.15, 0.2) is 24.3 Å². The van der Waals surface area contributed by atoms with E-state index in [4.69, 9.17) is 0 Å². The van der Waals surface area contributed by atoms with E-state index in [1.165, 1.54) is 18.2 Å². The third-order valence-corrected chi connectivity index (χ3v) is 5.33. The van der Waals surface area contributed by atoms with E-state index in [1.54, 1.807) is 13.0 Å². The van der Waals surface area contributed by atoms with Gasteiger partial charge in [-0.25, -0.2) is 12.8 Å². The molecular weight excluding hydrogens is 343 g/mol. The number of halogens is 1. The quantitative estimate of drug-likeness (QED) is 0.762. The summed E-state index contributed by atoms with van der Waals surface area (Å²) >= 11 is 0. The monoisotopic (exact) mass is 372 g/mol. The Labute approximate surface area is 150 Å². The fourth-order valence-corrected chi connectivity index (χ4v) is 4.24. The first-order valence-electron chi connectivity index (χ1n) is 8.55. The largest absolute Gasteiger partial charge is 0.351 e. The number of sulfonamides is 1. The summed E-state index contributed by atoms with van der Waals surface area (Å²) in [6.07, 6.45) is 1.22. The number of hydrogen-bond acceptors (Lipinski definition) is 3. The van der Waals surface area contributed by atoms with Crippen molar-refractivity contribution in [2.24, 2.45) is 11.8 Å². The highest BCUT2D eigenvalue weighted by molar-refractivity contribution is 7.92. The van der Waals surface area contributed by atoms with Gasteiger partial charge in [0.05, 0.1) is 11.9 Å². The van der Waals surface area contributed by atoms with Crippen LogP contribution in [0.2, 0.25) is 0 Å². The van der Waals surface area contributed by atoms with E-state index in [0.717, 1.165) is 10.6 Å². The summed E-state index contributed by atoms with van der Waals surface area (Å²) < 4.78 is 39.7. The summed E-state index contributed by atoms with van der Waals surface area (Å²) in [5, 5.41) is 2.94. The summed E-state index contributed by atoms with van der Waals surface area (Å²) in [5.74, 6) is -0.699. The molecule has 1 N–H and O–H groups in total. The highest BCUT2D eigenvalue weighted by Gasteiger charge is 2.34. The second-order valence-electron chi connectivity index (χ2n) is 6.96. The number of anilines is 1. The Kier molecular flexibility index (Phi) is 7.41. The third kappa shape index (κ3) is 5.42. The number of amides is 1. The molecule has 0 fully saturated rings. The molecule has 0 saturated heterocycles. The van der Waals surface area contributed by atoms with E-state index in [9.17, 15) is 17.6 Å². The van der Waals surface area contributed by atoms with Crippen molar-refractivity contribution in [3.63, 3.8) is 0 Å². The fourth-order valence-electron chi connectivity index (χ4n) is 3.03. The zero-order valence-electron chi connectivity index (χ0n) is 15.8. The third-order valence-electron chi connectivity index (χ3n) is 4.17. The minimum Gasteiger partial charge on any atom is -0.351 e. The van der Waals surface area contributed by atoms with Gasteiger partial charge < -0.3 is 5.32 Å². The molecule has 0 spiro atoms. The van der Waals surface area contributed by atoms with Gasteiger partial charge in [0, 0.05) is 6.04 Å². The van der Waals surface area contributed by atoms with Crippen molar-refractivity contribution in [1.29, 1.82) is 0 Å². The summed E-state index contributed by atoms with van der Waals surface area (Å²) in [6, 6.07) is 4.48. The molecular formula is C18H29FN2O3S. The minimum atomic E-state index is -3.84. The van der Waals surface area contributed by atoms with Gasteiger partial charge in [-0.15, -0.1) is 0 Å². The standard InChI is InChI=1S/C18H29FN2O3S/c1-7-15(18(22)20-17(12(2)3)13(4)5)21(25(6,23)24)16-11-9-8-10-14(16)19/h8-13,15,17H,7H2,1-6H3,(H,20,22)/t15-/m1/s1. The van der Waals surface area contributed by atoms with Crippen LogP contribution in [-0.2, 0) is 14.8 Å². The summed E-state index contributed by atoms with van der Waals surface area (Å²) in [4.78, 5) is 12.8. The molecule has 7 heteroatoms. The van der Waals surface area contributed by atoms with Crippen molar-refractivity contribution in [2.45, 2.75) is 53.1 Å². The van der Waals surface area contributed by atoms with Crippen molar-refractivity contribution in [3.05, 3.63) is 30.1 Å². The van der Waals surface area contributed by atoms with Crippen molar-refractivity contribution in [1.82, 2.24) is 5.32 Å². The lowest BCUT2D eigenvalue weighted by atomic mass is 9.93. The molecule has 1 amide bonds. The molecule has 0 radical (unpaired) electrons. The zero-order chi connectivity index (χ0) is 19.4. The summed E-state index contributed by atoms with van der Waals surface area (Å²) in [6.45, 7) is 9.70. The SMILES string of the molecule is CC[C@H](C(=O)NC(C(C)C)C(C)C)N(c1ccccc1F)S(C)(=O)=O. The first-order chi connectivity index (χ1) is 11.5. The molecule has 25 heavy (non-hydrogen) atoms. The van der Waals surface area contributed by atoms with Gasteiger partial charge in [0.1, 0.15) is 11.9 Å². The number of carbonyl (C=O) groups is 1. The van der Waals surface area contributed by atoms with Crippen LogP contribution in [0.4, 0.5) is 10.1 Å². The molecule has 0 saturated carbocycles. The Bertz CT molecular complexity index is 681. The molecule has 0 heterocycles. The predicted molar refractivity (Wildman–Crippen MR) is 99.4 cm³/mol. The van der Waals surface area contributed by atoms with Gasteiger partial charge in [-0.05, 0) is 30.4 Å². The van der Waals surface area contributed by atoms with E-state index in [1.807, 2.05) is 27.7 Å². The van der Waals surface area contributed by atoms with Gasteiger partial charge in [-0.1, -0.05) is 46.8 Å². The topological polar surface area (TPSA) is 66.5 Å². The molecule has 1 aromatic carbocycles. The number of carbonyl (C=O) groups excluding carboxylic acids is 1. The van der Waals surface area contributed by atoms with Crippen LogP contribution >= 0.6 is 0 Å². The fraction of sp³-hybridized carbons (Fsp3) is 0.611. The Morgan fingerprint density at radius 1 is 1.16 bits per heavy atom. The van der Waals surface area contributed by atoms with Crippen LogP contribution in [0, 0.1) is 17.7 Å². The Morgan fingerprint density at radius 2 is 1.68 bits per heavy atom. The van der Waals surface area contributed by atoms with Crippen LogP contribution < -0.4 is 9.62 Å². The van der Waals surface area contributed by atoms with Gasteiger partial charge in [0.25, 0.3) is 0 Å². The highest BCUT2D eigenvalue weighted by Crippen LogP contribution is 2.26. The van der Waals surface area contributed by atoms with Gasteiger partial charge >= 0.3 is 0 Å².